The molecule has 1 amide bonds. The van der Waals surface area contributed by atoms with E-state index in [0.29, 0.717) is 17.2 Å². The van der Waals surface area contributed by atoms with Crippen molar-refractivity contribution in [1.82, 2.24) is 24.9 Å². The molecule has 5 rings (SSSR count). The normalized spacial score (nSPS) is 19.1. The zero-order valence-corrected chi connectivity index (χ0v) is 22.2. The molecule has 1 aliphatic carbocycles. The molecule has 2 aliphatic rings. The molecule has 208 valence electrons. The zero-order chi connectivity index (χ0) is 28.6. The van der Waals surface area contributed by atoms with Gasteiger partial charge in [0.15, 0.2) is 17.2 Å². The minimum absolute atomic E-state index is 0.0696. The molecule has 18 heteroatoms. The van der Waals surface area contributed by atoms with Crippen LogP contribution in [0.25, 0.3) is 5.65 Å². The Balaban J connectivity index is 1.49. The number of nitrogens with zero attached hydrogens (tertiary/aromatic N) is 7. The molecule has 40 heavy (non-hydrogen) atoms. The van der Waals surface area contributed by atoms with Gasteiger partial charge in [-0.15, -0.1) is 5.10 Å². The van der Waals surface area contributed by atoms with E-state index >= 15 is 0 Å². The van der Waals surface area contributed by atoms with Gasteiger partial charge in [0.1, 0.15) is 12.2 Å². The zero-order valence-electron chi connectivity index (χ0n) is 20.5. The first-order valence-corrected chi connectivity index (χ1v) is 13.9. The van der Waals surface area contributed by atoms with Gasteiger partial charge in [0.05, 0.1) is 40.3 Å². The molecular formula is C22H22ClN10O6P. The second kappa shape index (κ2) is 10.8. The summed E-state index contributed by atoms with van der Waals surface area (Å²) in [5.41, 5.74) is 1.36. The molecule has 2 fully saturated rings. The lowest BCUT2D eigenvalue weighted by Gasteiger charge is -2.39. The fourth-order valence-corrected chi connectivity index (χ4v) is 5.23. The molecule has 2 aromatic heterocycles. The lowest BCUT2D eigenvalue weighted by Crippen LogP contribution is -2.54. The first-order chi connectivity index (χ1) is 19.0. The molecule has 16 nitrogen and oxygen atoms in total. The van der Waals surface area contributed by atoms with Crippen molar-refractivity contribution in [1.29, 1.82) is 10.5 Å². The van der Waals surface area contributed by atoms with E-state index in [4.69, 9.17) is 21.2 Å². The Labute approximate surface area is 231 Å². The summed E-state index contributed by atoms with van der Waals surface area (Å²) in [6.45, 7) is 0.0983. The molecular weight excluding hydrogens is 567 g/mol. The largest absolute Gasteiger partial charge is 0.469 e. The van der Waals surface area contributed by atoms with Gasteiger partial charge in [-0.25, -0.2) is 14.3 Å². The number of benzene rings is 1. The number of rotatable bonds is 8. The summed E-state index contributed by atoms with van der Waals surface area (Å²) >= 11 is 6.75. The predicted octanol–water partition coefficient (Wildman–Crippen LogP) is 2.16. The van der Waals surface area contributed by atoms with E-state index in [1.807, 2.05) is 6.07 Å². The second-order valence-corrected chi connectivity index (χ2v) is 10.8. The Morgan fingerprint density at radius 2 is 2.00 bits per heavy atom. The van der Waals surface area contributed by atoms with Crippen molar-refractivity contribution in [2.45, 2.75) is 37.5 Å². The lowest BCUT2D eigenvalue weighted by atomic mass is 10.0. The summed E-state index contributed by atoms with van der Waals surface area (Å²) in [6.07, 6.45) is 0.882. The second-order valence-electron chi connectivity index (χ2n) is 9.21. The highest BCUT2D eigenvalue weighted by atomic mass is 35.5. The molecule has 1 aliphatic heterocycles. The number of carbonyl (C=O) groups is 1. The van der Waals surface area contributed by atoms with Crippen molar-refractivity contribution in [2.75, 3.05) is 28.6 Å². The van der Waals surface area contributed by atoms with Crippen LogP contribution in [0.3, 0.4) is 0 Å². The third-order valence-electron chi connectivity index (χ3n) is 6.31. The number of hydrogen-bond acceptors (Lipinski definition) is 11. The number of aromatic nitrogens is 4. The van der Waals surface area contributed by atoms with Gasteiger partial charge < -0.3 is 35.7 Å². The molecule has 1 saturated carbocycles. The van der Waals surface area contributed by atoms with Gasteiger partial charge in [0.2, 0.25) is 5.95 Å². The molecule has 0 bridgehead atoms. The average molecular weight is 589 g/mol. The minimum Gasteiger partial charge on any atom is -0.465 e. The fourth-order valence-electron chi connectivity index (χ4n) is 4.39. The Kier molecular flexibility index (Phi) is 7.37. The molecule has 0 spiro atoms. The van der Waals surface area contributed by atoms with Crippen molar-refractivity contribution in [3.63, 3.8) is 0 Å². The summed E-state index contributed by atoms with van der Waals surface area (Å²) < 4.78 is 17.8. The monoisotopic (exact) mass is 588 g/mol. The van der Waals surface area contributed by atoms with Gasteiger partial charge >= 0.3 is 13.9 Å². The molecule has 1 aromatic carbocycles. The number of fused-ring (bicyclic) bond motifs is 1. The molecule has 0 unspecified atom stereocenters. The number of phosphoric ester groups is 1. The van der Waals surface area contributed by atoms with E-state index < -0.39 is 26.1 Å². The quantitative estimate of drug-likeness (QED) is 0.207. The molecule has 3 heterocycles. The Bertz CT molecular complexity index is 1610. The maximum Gasteiger partial charge on any atom is 0.469 e. The predicted molar refractivity (Wildman–Crippen MR) is 140 cm³/mol. The van der Waals surface area contributed by atoms with Crippen molar-refractivity contribution < 1.29 is 28.8 Å². The average Bonchev–Trinajstić information content (AvgIpc) is 3.61. The summed E-state index contributed by atoms with van der Waals surface area (Å²) in [5.74, 6) is 0.486. The highest BCUT2D eigenvalue weighted by Gasteiger charge is 2.36. The molecule has 2 atom stereocenters. The van der Waals surface area contributed by atoms with Gasteiger partial charge in [-0.1, -0.05) is 11.6 Å². The van der Waals surface area contributed by atoms with Gasteiger partial charge in [-0.05, 0) is 31.4 Å². The number of piperidine rings is 1. The highest BCUT2D eigenvalue weighted by molar-refractivity contribution is 7.46. The van der Waals surface area contributed by atoms with E-state index in [0.717, 1.165) is 12.8 Å². The number of hydrogen-bond donors (Lipinski definition) is 6. The van der Waals surface area contributed by atoms with Crippen molar-refractivity contribution in [2.24, 2.45) is 0 Å². The van der Waals surface area contributed by atoms with Crippen LogP contribution in [0.1, 0.15) is 30.5 Å². The Morgan fingerprint density at radius 1 is 1.23 bits per heavy atom. The Morgan fingerprint density at radius 3 is 2.65 bits per heavy atom. The van der Waals surface area contributed by atoms with E-state index in [2.05, 4.69) is 37.1 Å². The van der Waals surface area contributed by atoms with Crippen LogP contribution < -0.4 is 20.9 Å². The summed E-state index contributed by atoms with van der Waals surface area (Å²) in [6, 6.07) is 6.40. The van der Waals surface area contributed by atoms with E-state index in [1.165, 1.54) is 22.8 Å². The Hall–Kier alpha value is -4.18. The minimum atomic E-state index is -4.96. The van der Waals surface area contributed by atoms with Gasteiger partial charge in [0.25, 0.3) is 0 Å². The highest BCUT2D eigenvalue weighted by Crippen LogP contribution is 2.42. The SMILES string of the molecule is N#Cc1cc(Nc2nc(NC3CC3)c3ncc(C#N)n3n2)c(Cl)c(N2CC[C@H](NC(=O)O)[C@@H](OP(=O)(O)O)C2)c1. The number of nitriles is 2. The molecule has 0 radical (unpaired) electrons. The van der Waals surface area contributed by atoms with Crippen LogP contribution in [0.5, 0.6) is 0 Å². The number of anilines is 4. The van der Waals surface area contributed by atoms with Gasteiger partial charge in [-0.3, -0.25) is 4.52 Å². The maximum absolute atomic E-state index is 11.6. The van der Waals surface area contributed by atoms with E-state index in [-0.39, 0.29) is 53.5 Å². The van der Waals surface area contributed by atoms with Crippen LogP contribution in [-0.4, -0.2) is 71.8 Å². The van der Waals surface area contributed by atoms with Crippen LogP contribution in [0.15, 0.2) is 18.3 Å². The third kappa shape index (κ3) is 6.02. The first kappa shape index (κ1) is 27.4. The van der Waals surface area contributed by atoms with Crippen molar-refractivity contribution in [3.8, 4) is 12.1 Å². The number of phosphoric acid groups is 1. The van der Waals surface area contributed by atoms with Gasteiger partial charge in [0, 0.05) is 19.1 Å². The van der Waals surface area contributed by atoms with Crippen LogP contribution in [0.4, 0.5) is 27.9 Å². The fraction of sp³-hybridized carbons (Fsp3) is 0.364. The smallest absolute Gasteiger partial charge is 0.465 e. The summed E-state index contributed by atoms with van der Waals surface area (Å²) in [5, 5.41) is 41.3. The van der Waals surface area contributed by atoms with E-state index in [9.17, 15) is 29.7 Å². The summed E-state index contributed by atoms with van der Waals surface area (Å²) in [4.78, 5) is 40.3. The maximum atomic E-state index is 11.6. The van der Waals surface area contributed by atoms with Gasteiger partial charge in [-0.2, -0.15) is 20.0 Å². The molecule has 3 aromatic rings. The summed E-state index contributed by atoms with van der Waals surface area (Å²) in [7, 11) is -4.96. The van der Waals surface area contributed by atoms with E-state index in [1.54, 1.807) is 4.90 Å². The topological polar surface area (TPSA) is 234 Å². The number of carboxylic acid groups (broad SMARTS) is 1. The van der Waals surface area contributed by atoms with Crippen molar-refractivity contribution in [3.05, 3.63) is 34.6 Å². The van der Waals surface area contributed by atoms with Crippen LogP contribution in [-0.2, 0) is 9.09 Å². The molecule has 1 saturated heterocycles. The van der Waals surface area contributed by atoms with Crippen LogP contribution in [0, 0.1) is 22.7 Å². The van der Waals surface area contributed by atoms with Crippen LogP contribution >= 0.6 is 19.4 Å². The third-order valence-corrected chi connectivity index (χ3v) is 7.25. The first-order valence-electron chi connectivity index (χ1n) is 12.0. The van der Waals surface area contributed by atoms with Crippen molar-refractivity contribution >= 4 is 54.3 Å². The van der Waals surface area contributed by atoms with Crippen LogP contribution in [0.2, 0.25) is 5.02 Å². The molecule has 6 N–H and O–H groups in total. The number of amides is 1. The number of halogens is 1. The number of imidazole rings is 1. The standard InChI is InChI=1S/C22H22ClN10O6P/c23-18-15(28-21-30-19(27-12-1-2-12)20-26-9-13(8-25)33(20)31-21)5-11(7-24)6-16(18)32-4-3-14(29-22(34)35)17(10-32)39-40(36,37)38/h5-6,9,12,14,17,29H,1-4,10H2,(H,34,35)(H2,36,37,38)(H2,27,28,30,31)/t14-,17-/m0/s1. The lowest BCUT2D eigenvalue weighted by molar-refractivity contribution is 0.0903. The number of nitrogens with one attached hydrogen (secondary N) is 3.